The molecule has 1 spiro atoms. The fourth-order valence-electron chi connectivity index (χ4n) is 5.78. The van der Waals surface area contributed by atoms with Crippen molar-refractivity contribution in [2.45, 2.75) is 36.5 Å². The highest BCUT2D eigenvalue weighted by molar-refractivity contribution is 6.30. The van der Waals surface area contributed by atoms with E-state index in [9.17, 15) is 9.90 Å². The summed E-state index contributed by atoms with van der Waals surface area (Å²) in [6, 6.07) is 2.05. The van der Waals surface area contributed by atoms with Crippen molar-refractivity contribution in [1.29, 1.82) is 0 Å². The van der Waals surface area contributed by atoms with Gasteiger partial charge in [-0.3, -0.25) is 4.79 Å². The van der Waals surface area contributed by atoms with Crippen molar-refractivity contribution >= 4 is 17.4 Å². The van der Waals surface area contributed by atoms with E-state index < -0.39 is 6.10 Å². The third-order valence-electron chi connectivity index (χ3n) is 6.91. The van der Waals surface area contributed by atoms with E-state index >= 15 is 0 Å². The third-order valence-corrected chi connectivity index (χ3v) is 7.15. The Morgan fingerprint density at radius 3 is 3.04 bits per heavy atom. The molecule has 26 heavy (non-hydrogen) atoms. The van der Waals surface area contributed by atoms with Crippen LogP contribution in [0.2, 0.25) is 0 Å². The van der Waals surface area contributed by atoms with Gasteiger partial charge in [-0.05, 0) is 38.1 Å². The first-order valence-electron chi connectivity index (χ1n) is 9.09. The van der Waals surface area contributed by atoms with Crippen LogP contribution >= 0.6 is 11.6 Å². The molecule has 0 saturated carbocycles. The summed E-state index contributed by atoms with van der Waals surface area (Å²) in [7, 11) is 3.72. The molecule has 5 rings (SSSR count). The molecule has 0 aromatic heterocycles. The van der Waals surface area contributed by atoms with E-state index in [2.05, 4.69) is 18.0 Å². The monoisotopic (exact) mass is 375 g/mol. The highest BCUT2D eigenvalue weighted by Crippen LogP contribution is 2.63. The van der Waals surface area contributed by atoms with Gasteiger partial charge in [0.1, 0.15) is 12.2 Å². The van der Waals surface area contributed by atoms with Crippen LogP contribution < -0.4 is 9.47 Å². The summed E-state index contributed by atoms with van der Waals surface area (Å²) in [5.74, 6) is 1.38. The highest BCUT2D eigenvalue weighted by atomic mass is 35.5. The van der Waals surface area contributed by atoms with Crippen LogP contribution in [0.15, 0.2) is 18.2 Å². The van der Waals surface area contributed by atoms with Gasteiger partial charge in [0.2, 0.25) is 0 Å². The molecule has 138 valence electrons. The van der Waals surface area contributed by atoms with Crippen molar-refractivity contribution in [2.24, 2.45) is 5.92 Å². The summed E-state index contributed by atoms with van der Waals surface area (Å²) in [4.78, 5) is 15.0. The second kappa shape index (κ2) is 5.47. The summed E-state index contributed by atoms with van der Waals surface area (Å²) >= 11 is 5.90. The molecule has 2 heterocycles. The Balaban J connectivity index is 1.84. The molecule has 2 bridgehead atoms. The maximum atomic E-state index is 12.6. The zero-order chi connectivity index (χ0) is 18.2. The molecule has 0 radical (unpaired) electrons. The molecule has 2 aliphatic carbocycles. The average Bonchev–Trinajstić information content (AvgIpc) is 3.00. The molecular weight excluding hydrogens is 354 g/mol. The SMILES string of the molecule is COc1cc(C(=O)CCl)c2c3c1O[C@H]1[C@@H](O)C=C[C@H]4[C@@H](C2)N(C)CC[C@@]341. The van der Waals surface area contributed by atoms with Gasteiger partial charge in [-0.1, -0.05) is 12.2 Å². The zero-order valence-electron chi connectivity index (χ0n) is 14.9. The lowest BCUT2D eigenvalue weighted by molar-refractivity contribution is -0.0453. The number of hydrogen-bond donors (Lipinski definition) is 1. The minimum absolute atomic E-state index is 0.0569. The highest BCUT2D eigenvalue weighted by Gasteiger charge is 2.64. The predicted octanol–water partition coefficient (Wildman–Crippen LogP) is 1.92. The summed E-state index contributed by atoms with van der Waals surface area (Å²) in [5, 5.41) is 10.7. The molecule has 6 heteroatoms. The molecule has 5 nitrogen and oxygen atoms in total. The standard InChI is InChI=1S/C20H22ClNO4/c1-22-6-5-20-12-3-4-14(23)19(20)26-18-16(25-2)8-10(15(24)9-21)11(17(18)20)7-13(12)22/h3-4,8,12-14,19,23H,5-7,9H2,1-2H3/t12-,13+,14-,19-,20-/m0/s1. The number of piperidine rings is 1. The van der Waals surface area contributed by atoms with Crippen LogP contribution in [-0.2, 0) is 11.8 Å². The number of ketones is 1. The molecule has 1 aromatic rings. The largest absolute Gasteiger partial charge is 0.493 e. The van der Waals surface area contributed by atoms with E-state index in [0.29, 0.717) is 17.1 Å². The van der Waals surface area contributed by atoms with Crippen molar-refractivity contribution < 1.29 is 19.4 Å². The average molecular weight is 376 g/mol. The number of carbonyl (C=O) groups excluding carboxylic acids is 1. The van der Waals surface area contributed by atoms with Crippen LogP contribution in [0.4, 0.5) is 0 Å². The number of hydrogen-bond acceptors (Lipinski definition) is 5. The van der Waals surface area contributed by atoms with E-state index in [1.165, 1.54) is 0 Å². The lowest BCUT2D eigenvalue weighted by Crippen LogP contribution is -2.64. The fraction of sp³-hybridized carbons (Fsp3) is 0.550. The Morgan fingerprint density at radius 1 is 1.50 bits per heavy atom. The number of Topliss-reactive ketones (excluding diaryl/α,β-unsaturated/α-hetero) is 1. The number of methoxy groups -OCH3 is 1. The van der Waals surface area contributed by atoms with Crippen LogP contribution in [0.1, 0.15) is 27.9 Å². The molecule has 4 aliphatic rings. The molecule has 0 amide bonds. The molecular formula is C20H22ClNO4. The van der Waals surface area contributed by atoms with E-state index in [1.54, 1.807) is 13.2 Å². The summed E-state index contributed by atoms with van der Waals surface area (Å²) < 4.78 is 11.9. The first-order valence-corrected chi connectivity index (χ1v) is 9.63. The Kier molecular flexibility index (Phi) is 3.49. The van der Waals surface area contributed by atoms with Crippen molar-refractivity contribution in [2.75, 3.05) is 26.6 Å². The quantitative estimate of drug-likeness (QED) is 0.497. The fourth-order valence-corrected chi connectivity index (χ4v) is 5.93. The van der Waals surface area contributed by atoms with Crippen molar-refractivity contribution in [3.63, 3.8) is 0 Å². The Hall–Kier alpha value is -1.56. The second-order valence-electron chi connectivity index (χ2n) is 7.85. The first kappa shape index (κ1) is 16.6. The molecule has 5 atom stereocenters. The summed E-state index contributed by atoms with van der Waals surface area (Å²) in [6.45, 7) is 0.941. The normalized spacial score (nSPS) is 36.5. The van der Waals surface area contributed by atoms with Gasteiger partial charge in [-0.15, -0.1) is 11.6 Å². The topological polar surface area (TPSA) is 59.0 Å². The van der Waals surface area contributed by atoms with Crippen LogP contribution in [0.5, 0.6) is 11.5 Å². The minimum atomic E-state index is -0.662. The van der Waals surface area contributed by atoms with Gasteiger partial charge >= 0.3 is 0 Å². The molecule has 1 saturated heterocycles. The lowest BCUT2D eigenvalue weighted by Gasteiger charge is -2.56. The van der Waals surface area contributed by atoms with Crippen molar-refractivity contribution in [1.82, 2.24) is 4.90 Å². The number of likely N-dealkylation sites (tertiary alicyclic amines) is 1. The second-order valence-corrected chi connectivity index (χ2v) is 8.12. The van der Waals surface area contributed by atoms with Gasteiger partial charge in [0.25, 0.3) is 0 Å². The number of likely N-dealkylation sites (N-methyl/N-ethyl adjacent to an activating group) is 1. The number of ether oxygens (including phenoxy) is 2. The predicted molar refractivity (Wildman–Crippen MR) is 97.5 cm³/mol. The number of carbonyl (C=O) groups is 1. The number of aliphatic hydroxyl groups is 1. The Labute approximate surface area is 157 Å². The van der Waals surface area contributed by atoms with Crippen LogP contribution in [0, 0.1) is 5.92 Å². The van der Waals surface area contributed by atoms with E-state index in [-0.39, 0.29) is 35.1 Å². The molecule has 2 aliphatic heterocycles. The van der Waals surface area contributed by atoms with E-state index in [0.717, 1.165) is 30.5 Å². The zero-order valence-corrected chi connectivity index (χ0v) is 15.6. The van der Waals surface area contributed by atoms with Crippen molar-refractivity contribution in [3.8, 4) is 11.5 Å². The number of nitrogens with zero attached hydrogens (tertiary/aromatic N) is 1. The van der Waals surface area contributed by atoms with Crippen LogP contribution in [0.3, 0.4) is 0 Å². The lowest BCUT2D eigenvalue weighted by atomic mass is 9.53. The van der Waals surface area contributed by atoms with Crippen LogP contribution in [0.25, 0.3) is 0 Å². The summed E-state index contributed by atoms with van der Waals surface area (Å²) in [5.41, 5.74) is 2.45. The maximum absolute atomic E-state index is 12.6. The van der Waals surface area contributed by atoms with Gasteiger partial charge < -0.3 is 19.5 Å². The number of benzene rings is 1. The van der Waals surface area contributed by atoms with E-state index in [4.69, 9.17) is 21.1 Å². The number of halogens is 1. The van der Waals surface area contributed by atoms with Gasteiger partial charge in [-0.25, -0.2) is 0 Å². The van der Waals surface area contributed by atoms with E-state index in [1.807, 2.05) is 6.08 Å². The van der Waals surface area contributed by atoms with Crippen LogP contribution in [-0.4, -0.2) is 60.6 Å². The number of aliphatic hydroxyl groups excluding tert-OH is 1. The smallest absolute Gasteiger partial charge is 0.178 e. The first-order chi connectivity index (χ1) is 12.5. The molecule has 0 unspecified atom stereocenters. The molecule has 1 fully saturated rings. The van der Waals surface area contributed by atoms with Gasteiger partial charge in [0.05, 0.1) is 13.0 Å². The third kappa shape index (κ3) is 1.81. The Morgan fingerprint density at radius 2 is 2.31 bits per heavy atom. The minimum Gasteiger partial charge on any atom is -0.493 e. The van der Waals surface area contributed by atoms with Gasteiger partial charge in [0, 0.05) is 28.5 Å². The summed E-state index contributed by atoms with van der Waals surface area (Å²) in [6.07, 6.45) is 4.70. The van der Waals surface area contributed by atoms with Gasteiger partial charge in [0.15, 0.2) is 17.3 Å². The number of alkyl halides is 1. The molecule has 1 N–H and O–H groups in total. The van der Waals surface area contributed by atoms with Crippen molar-refractivity contribution in [3.05, 3.63) is 34.9 Å². The number of rotatable bonds is 3. The molecule has 1 aromatic carbocycles. The Bertz CT molecular complexity index is 838. The maximum Gasteiger partial charge on any atom is 0.178 e. The van der Waals surface area contributed by atoms with Gasteiger partial charge in [-0.2, -0.15) is 0 Å².